The molecule has 1 aromatic carbocycles. The van der Waals surface area contributed by atoms with Gasteiger partial charge in [0.15, 0.2) is 0 Å². The summed E-state index contributed by atoms with van der Waals surface area (Å²) >= 11 is 0. The van der Waals surface area contributed by atoms with Crippen LogP contribution in [0.3, 0.4) is 0 Å². The van der Waals surface area contributed by atoms with E-state index in [1.165, 1.54) is 5.56 Å². The van der Waals surface area contributed by atoms with Crippen molar-refractivity contribution < 1.29 is 4.79 Å². The number of aryl methyl sites for hydroxylation is 2. The minimum Gasteiger partial charge on any atom is -0.348 e. The molecule has 3 rings (SSSR count). The SMILES string of the molecule is Cc1cccc2nc(CNC(=O)C3CCCN3)n(C)c12.Cl. The van der Waals surface area contributed by atoms with Gasteiger partial charge < -0.3 is 15.2 Å². The zero-order valence-corrected chi connectivity index (χ0v) is 13.2. The van der Waals surface area contributed by atoms with Crippen LogP contribution in [0.25, 0.3) is 11.0 Å². The third-order valence-corrected chi connectivity index (χ3v) is 3.99. The molecule has 1 aliphatic rings. The van der Waals surface area contributed by atoms with E-state index in [0.717, 1.165) is 36.2 Å². The maximum absolute atomic E-state index is 12.0. The molecule has 2 aromatic rings. The first-order chi connectivity index (χ1) is 9.66. The summed E-state index contributed by atoms with van der Waals surface area (Å²) in [5, 5.41) is 6.18. The Morgan fingerprint density at radius 2 is 2.33 bits per heavy atom. The molecule has 2 N–H and O–H groups in total. The van der Waals surface area contributed by atoms with Crippen molar-refractivity contribution in [3.05, 3.63) is 29.6 Å². The predicted octanol–water partition coefficient (Wildman–Crippen LogP) is 1.67. The maximum Gasteiger partial charge on any atom is 0.237 e. The fourth-order valence-corrected chi connectivity index (χ4v) is 2.87. The molecule has 1 saturated heterocycles. The highest BCUT2D eigenvalue weighted by Gasteiger charge is 2.22. The molecule has 114 valence electrons. The number of carbonyl (C=O) groups is 1. The second-order valence-electron chi connectivity index (χ2n) is 5.40. The highest BCUT2D eigenvalue weighted by Crippen LogP contribution is 2.18. The Hall–Kier alpha value is -1.59. The van der Waals surface area contributed by atoms with Crippen LogP contribution in [0.15, 0.2) is 18.2 Å². The van der Waals surface area contributed by atoms with Gasteiger partial charge in [0.05, 0.1) is 23.6 Å². The number of nitrogens with one attached hydrogen (secondary N) is 2. The summed E-state index contributed by atoms with van der Waals surface area (Å²) in [7, 11) is 2.00. The number of carbonyl (C=O) groups excluding carboxylic acids is 1. The van der Waals surface area contributed by atoms with E-state index in [1.54, 1.807) is 0 Å². The first-order valence-corrected chi connectivity index (χ1v) is 7.09. The Bertz CT molecular complexity index is 646. The van der Waals surface area contributed by atoms with Gasteiger partial charge in [0, 0.05) is 7.05 Å². The number of hydrogen-bond donors (Lipinski definition) is 2. The van der Waals surface area contributed by atoms with Crippen LogP contribution in [0.4, 0.5) is 0 Å². The van der Waals surface area contributed by atoms with Crippen LogP contribution in [-0.4, -0.2) is 28.0 Å². The van der Waals surface area contributed by atoms with Gasteiger partial charge in [-0.2, -0.15) is 0 Å². The van der Waals surface area contributed by atoms with Crippen molar-refractivity contribution >= 4 is 29.3 Å². The lowest BCUT2D eigenvalue weighted by molar-refractivity contribution is -0.123. The zero-order chi connectivity index (χ0) is 14.1. The fraction of sp³-hybridized carbons (Fsp3) is 0.467. The van der Waals surface area contributed by atoms with Crippen LogP contribution in [0.1, 0.15) is 24.2 Å². The van der Waals surface area contributed by atoms with E-state index in [0.29, 0.717) is 6.54 Å². The summed E-state index contributed by atoms with van der Waals surface area (Å²) in [6, 6.07) is 6.06. The summed E-state index contributed by atoms with van der Waals surface area (Å²) < 4.78 is 2.06. The lowest BCUT2D eigenvalue weighted by Crippen LogP contribution is -2.40. The number of hydrogen-bond acceptors (Lipinski definition) is 3. The molecule has 5 nitrogen and oxygen atoms in total. The Morgan fingerprint density at radius 3 is 3.00 bits per heavy atom. The van der Waals surface area contributed by atoms with Gasteiger partial charge in [-0.05, 0) is 37.9 Å². The van der Waals surface area contributed by atoms with Crippen molar-refractivity contribution in [3.63, 3.8) is 0 Å². The molecule has 0 aliphatic carbocycles. The normalized spacial score (nSPS) is 17.7. The highest BCUT2D eigenvalue weighted by molar-refractivity contribution is 5.85. The predicted molar refractivity (Wildman–Crippen MR) is 85.6 cm³/mol. The van der Waals surface area contributed by atoms with Crippen LogP contribution in [0.2, 0.25) is 0 Å². The number of halogens is 1. The molecular weight excluding hydrogens is 288 g/mol. The van der Waals surface area contributed by atoms with Crippen molar-refractivity contribution in [1.82, 2.24) is 20.2 Å². The third-order valence-electron chi connectivity index (χ3n) is 3.99. The van der Waals surface area contributed by atoms with E-state index < -0.39 is 0 Å². The minimum absolute atomic E-state index is 0. The minimum atomic E-state index is -0.0357. The fourth-order valence-electron chi connectivity index (χ4n) is 2.87. The number of benzene rings is 1. The maximum atomic E-state index is 12.0. The Labute approximate surface area is 130 Å². The molecule has 2 heterocycles. The van der Waals surface area contributed by atoms with Crippen LogP contribution >= 0.6 is 12.4 Å². The second kappa shape index (κ2) is 6.45. The largest absolute Gasteiger partial charge is 0.348 e. The van der Waals surface area contributed by atoms with Gasteiger partial charge in [-0.15, -0.1) is 12.4 Å². The van der Waals surface area contributed by atoms with E-state index in [2.05, 4.69) is 33.2 Å². The Morgan fingerprint density at radius 1 is 1.52 bits per heavy atom. The van der Waals surface area contributed by atoms with E-state index in [-0.39, 0.29) is 24.4 Å². The van der Waals surface area contributed by atoms with Crippen LogP contribution in [0, 0.1) is 6.92 Å². The molecule has 0 saturated carbocycles. The molecule has 1 aromatic heterocycles. The Kier molecular flexibility index (Phi) is 4.85. The van der Waals surface area contributed by atoms with E-state index >= 15 is 0 Å². The smallest absolute Gasteiger partial charge is 0.237 e. The molecular formula is C15H21ClN4O. The molecule has 1 amide bonds. The molecule has 0 radical (unpaired) electrons. The number of rotatable bonds is 3. The van der Waals surface area contributed by atoms with Gasteiger partial charge in [-0.25, -0.2) is 4.98 Å². The van der Waals surface area contributed by atoms with E-state index in [1.807, 2.05) is 19.2 Å². The standard InChI is InChI=1S/C15H20N4O.ClH/c1-10-5-3-6-11-14(10)19(2)13(18-11)9-17-15(20)12-7-4-8-16-12;/h3,5-6,12,16H,4,7-9H2,1-2H3,(H,17,20);1H. The third kappa shape index (κ3) is 3.04. The van der Waals surface area contributed by atoms with Crippen molar-refractivity contribution in [2.75, 3.05) is 6.54 Å². The Balaban J connectivity index is 0.00000161. The van der Waals surface area contributed by atoms with Gasteiger partial charge in [0.2, 0.25) is 5.91 Å². The van der Waals surface area contributed by atoms with Crippen molar-refractivity contribution in [2.24, 2.45) is 7.05 Å². The number of para-hydroxylation sites is 1. The summed E-state index contributed by atoms with van der Waals surface area (Å²) in [6.45, 7) is 3.49. The van der Waals surface area contributed by atoms with Crippen LogP contribution in [-0.2, 0) is 18.4 Å². The molecule has 1 atom stereocenters. The summed E-state index contributed by atoms with van der Waals surface area (Å²) in [6.07, 6.45) is 2.00. The molecule has 0 spiro atoms. The first kappa shape index (κ1) is 15.8. The number of aromatic nitrogens is 2. The van der Waals surface area contributed by atoms with E-state index in [9.17, 15) is 4.79 Å². The van der Waals surface area contributed by atoms with Crippen molar-refractivity contribution in [2.45, 2.75) is 32.4 Å². The van der Waals surface area contributed by atoms with Gasteiger partial charge in [-0.3, -0.25) is 4.79 Å². The van der Waals surface area contributed by atoms with Gasteiger partial charge in [0.1, 0.15) is 5.82 Å². The van der Waals surface area contributed by atoms with E-state index in [4.69, 9.17) is 0 Å². The van der Waals surface area contributed by atoms with Gasteiger partial charge >= 0.3 is 0 Å². The number of imidazole rings is 1. The van der Waals surface area contributed by atoms with Crippen LogP contribution in [0.5, 0.6) is 0 Å². The summed E-state index contributed by atoms with van der Waals surface area (Å²) in [5.74, 6) is 0.965. The highest BCUT2D eigenvalue weighted by atomic mass is 35.5. The molecule has 1 aliphatic heterocycles. The number of amides is 1. The molecule has 6 heteroatoms. The second-order valence-corrected chi connectivity index (χ2v) is 5.40. The quantitative estimate of drug-likeness (QED) is 0.907. The first-order valence-electron chi connectivity index (χ1n) is 7.09. The summed E-state index contributed by atoms with van der Waals surface area (Å²) in [5.41, 5.74) is 3.32. The number of nitrogens with zero attached hydrogens (tertiary/aromatic N) is 2. The van der Waals surface area contributed by atoms with Crippen molar-refractivity contribution in [3.8, 4) is 0 Å². The van der Waals surface area contributed by atoms with Crippen LogP contribution < -0.4 is 10.6 Å². The molecule has 21 heavy (non-hydrogen) atoms. The summed E-state index contributed by atoms with van der Waals surface area (Å²) in [4.78, 5) is 16.6. The number of fused-ring (bicyclic) bond motifs is 1. The zero-order valence-electron chi connectivity index (χ0n) is 12.3. The monoisotopic (exact) mass is 308 g/mol. The molecule has 0 bridgehead atoms. The topological polar surface area (TPSA) is 59.0 Å². The molecule has 1 fully saturated rings. The van der Waals surface area contributed by atoms with Gasteiger partial charge in [0.25, 0.3) is 0 Å². The van der Waals surface area contributed by atoms with Crippen molar-refractivity contribution in [1.29, 1.82) is 0 Å². The van der Waals surface area contributed by atoms with Gasteiger partial charge in [-0.1, -0.05) is 12.1 Å². The average Bonchev–Trinajstić information content (AvgIpc) is 3.05. The lowest BCUT2D eigenvalue weighted by Gasteiger charge is -2.11. The molecule has 1 unspecified atom stereocenters. The average molecular weight is 309 g/mol. The lowest BCUT2D eigenvalue weighted by atomic mass is 10.2.